The number of nitro groups is 1. The highest BCUT2D eigenvalue weighted by atomic mass is 16.6. The minimum Gasteiger partial charge on any atom is -0.492 e. The first-order valence-electron chi connectivity index (χ1n) is 6.19. The maximum atomic E-state index is 10.6. The summed E-state index contributed by atoms with van der Waals surface area (Å²) in [5.41, 5.74) is 1.15. The Labute approximate surface area is 116 Å². The predicted octanol–water partition coefficient (Wildman–Crippen LogP) is 2.79. The number of anilines is 1. The van der Waals surface area contributed by atoms with Gasteiger partial charge in [0.05, 0.1) is 17.5 Å². The van der Waals surface area contributed by atoms with Crippen molar-refractivity contribution in [2.75, 3.05) is 18.5 Å². The van der Waals surface area contributed by atoms with E-state index in [4.69, 9.17) is 4.74 Å². The highest BCUT2D eigenvalue weighted by molar-refractivity contribution is 5.44. The Bertz CT molecular complexity index is 602. The zero-order chi connectivity index (χ0) is 14.4. The molecule has 1 heterocycles. The lowest BCUT2D eigenvalue weighted by atomic mass is 10.2. The Balaban J connectivity index is 1.81. The van der Waals surface area contributed by atoms with Gasteiger partial charge in [0.15, 0.2) is 0 Å². The van der Waals surface area contributed by atoms with Gasteiger partial charge in [0.1, 0.15) is 18.2 Å². The van der Waals surface area contributed by atoms with Gasteiger partial charge in [0.2, 0.25) is 0 Å². The summed E-state index contributed by atoms with van der Waals surface area (Å²) in [5.74, 6) is 1.27. The van der Waals surface area contributed by atoms with Crippen molar-refractivity contribution < 1.29 is 9.66 Å². The molecule has 6 heteroatoms. The van der Waals surface area contributed by atoms with Gasteiger partial charge in [-0.3, -0.25) is 10.1 Å². The number of hydrogen-bond acceptors (Lipinski definition) is 5. The molecular weight excluding hydrogens is 258 g/mol. The number of benzene rings is 1. The number of nitrogens with one attached hydrogen (secondary N) is 1. The van der Waals surface area contributed by atoms with Gasteiger partial charge < -0.3 is 10.1 Å². The summed E-state index contributed by atoms with van der Waals surface area (Å²) in [7, 11) is 0. The first kappa shape index (κ1) is 13.8. The lowest BCUT2D eigenvalue weighted by Crippen LogP contribution is -2.12. The van der Waals surface area contributed by atoms with Crippen molar-refractivity contribution in [3.63, 3.8) is 0 Å². The highest BCUT2D eigenvalue weighted by Crippen LogP contribution is 2.14. The number of hydrogen-bond donors (Lipinski definition) is 1. The van der Waals surface area contributed by atoms with E-state index in [1.54, 1.807) is 0 Å². The van der Waals surface area contributed by atoms with Crippen molar-refractivity contribution in [3.8, 4) is 5.75 Å². The van der Waals surface area contributed by atoms with Crippen molar-refractivity contribution in [3.05, 3.63) is 58.3 Å². The predicted molar refractivity (Wildman–Crippen MR) is 76.1 cm³/mol. The van der Waals surface area contributed by atoms with Crippen LogP contribution in [0.5, 0.6) is 5.75 Å². The van der Waals surface area contributed by atoms with E-state index < -0.39 is 4.92 Å². The van der Waals surface area contributed by atoms with Crippen LogP contribution in [0.25, 0.3) is 0 Å². The minimum absolute atomic E-state index is 0.0158. The number of aromatic nitrogens is 1. The van der Waals surface area contributed by atoms with Gasteiger partial charge in [-0.1, -0.05) is 12.1 Å². The molecule has 2 aromatic rings. The Kier molecular flexibility index (Phi) is 4.49. The summed E-state index contributed by atoms with van der Waals surface area (Å²) in [4.78, 5) is 14.2. The summed E-state index contributed by atoms with van der Waals surface area (Å²) in [6.45, 7) is 2.97. The maximum absolute atomic E-state index is 10.6. The van der Waals surface area contributed by atoms with Crippen LogP contribution < -0.4 is 10.1 Å². The van der Waals surface area contributed by atoms with Crippen molar-refractivity contribution in [1.82, 2.24) is 4.98 Å². The van der Waals surface area contributed by atoms with E-state index in [0.717, 1.165) is 11.3 Å². The number of rotatable bonds is 6. The average Bonchev–Trinajstić information content (AvgIpc) is 2.44. The standard InChI is InChI=1S/C14H15N3O3/c1-11-3-2-4-13(9-11)20-8-7-16-14-10-12(17(18)19)5-6-15-14/h2-6,9-10H,7-8H2,1H3,(H,15,16). The molecule has 6 nitrogen and oxygen atoms in total. The molecule has 0 atom stereocenters. The highest BCUT2D eigenvalue weighted by Gasteiger charge is 2.05. The van der Waals surface area contributed by atoms with Crippen LogP contribution in [-0.4, -0.2) is 23.1 Å². The molecule has 0 aliphatic heterocycles. The van der Waals surface area contributed by atoms with Crippen LogP contribution in [0.15, 0.2) is 42.6 Å². The Morgan fingerprint density at radius 3 is 2.95 bits per heavy atom. The number of pyridine rings is 1. The van der Waals surface area contributed by atoms with Gasteiger partial charge in [0, 0.05) is 12.3 Å². The van der Waals surface area contributed by atoms with E-state index in [1.807, 2.05) is 31.2 Å². The van der Waals surface area contributed by atoms with Crippen LogP contribution in [0, 0.1) is 17.0 Å². The van der Waals surface area contributed by atoms with Crippen LogP contribution in [0.1, 0.15) is 5.56 Å². The SMILES string of the molecule is Cc1cccc(OCCNc2cc([N+](=O)[O-])ccn2)c1. The van der Waals surface area contributed by atoms with Crippen LogP contribution in [0.3, 0.4) is 0 Å². The van der Waals surface area contributed by atoms with E-state index in [9.17, 15) is 10.1 Å². The molecular formula is C14H15N3O3. The molecule has 0 amide bonds. The zero-order valence-electron chi connectivity index (χ0n) is 11.1. The molecule has 0 fully saturated rings. The first-order chi connectivity index (χ1) is 9.65. The van der Waals surface area contributed by atoms with Gasteiger partial charge in [-0.15, -0.1) is 0 Å². The molecule has 1 N–H and O–H groups in total. The fourth-order valence-corrected chi connectivity index (χ4v) is 1.68. The third kappa shape index (κ3) is 3.94. The van der Waals surface area contributed by atoms with Crippen molar-refractivity contribution >= 4 is 11.5 Å². The van der Waals surface area contributed by atoms with Crippen LogP contribution >= 0.6 is 0 Å². The summed E-state index contributed by atoms with van der Waals surface area (Å²) in [5, 5.41) is 13.6. The van der Waals surface area contributed by atoms with E-state index in [-0.39, 0.29) is 5.69 Å². The molecule has 0 aliphatic carbocycles. The summed E-state index contributed by atoms with van der Waals surface area (Å²) < 4.78 is 5.56. The van der Waals surface area contributed by atoms with E-state index in [2.05, 4.69) is 10.3 Å². The molecule has 1 aromatic carbocycles. The van der Waals surface area contributed by atoms with Gasteiger partial charge in [0.25, 0.3) is 5.69 Å². The summed E-state index contributed by atoms with van der Waals surface area (Å²) in [6.07, 6.45) is 1.40. The van der Waals surface area contributed by atoms with Gasteiger partial charge in [-0.25, -0.2) is 4.98 Å². The molecule has 0 saturated carbocycles. The quantitative estimate of drug-likeness (QED) is 0.497. The number of nitrogens with zero attached hydrogens (tertiary/aromatic N) is 2. The second kappa shape index (κ2) is 6.51. The Hall–Kier alpha value is -2.63. The van der Waals surface area contributed by atoms with Crippen molar-refractivity contribution in [2.45, 2.75) is 6.92 Å². The lowest BCUT2D eigenvalue weighted by Gasteiger charge is -2.08. The largest absolute Gasteiger partial charge is 0.492 e. The molecule has 0 radical (unpaired) electrons. The smallest absolute Gasteiger partial charge is 0.274 e. The fourth-order valence-electron chi connectivity index (χ4n) is 1.68. The maximum Gasteiger partial charge on any atom is 0.274 e. The molecule has 1 aromatic heterocycles. The van der Waals surface area contributed by atoms with Crippen molar-refractivity contribution in [2.24, 2.45) is 0 Å². The molecule has 0 aliphatic rings. The van der Waals surface area contributed by atoms with Gasteiger partial charge in [-0.05, 0) is 24.6 Å². The molecule has 0 saturated heterocycles. The van der Waals surface area contributed by atoms with Gasteiger partial charge >= 0.3 is 0 Å². The molecule has 0 unspecified atom stereocenters. The minimum atomic E-state index is -0.448. The monoisotopic (exact) mass is 273 g/mol. The van der Waals surface area contributed by atoms with Crippen LogP contribution in [0.2, 0.25) is 0 Å². The summed E-state index contributed by atoms with van der Waals surface area (Å²) in [6, 6.07) is 10.5. The molecule has 0 bridgehead atoms. The van der Waals surface area contributed by atoms with Crippen molar-refractivity contribution in [1.29, 1.82) is 0 Å². The Morgan fingerprint density at radius 1 is 1.35 bits per heavy atom. The van der Waals surface area contributed by atoms with Crippen LogP contribution in [-0.2, 0) is 0 Å². The topological polar surface area (TPSA) is 77.3 Å². The Morgan fingerprint density at radius 2 is 2.20 bits per heavy atom. The first-order valence-corrected chi connectivity index (χ1v) is 6.19. The second-order valence-corrected chi connectivity index (χ2v) is 4.25. The number of ether oxygens (including phenoxy) is 1. The van der Waals surface area contributed by atoms with E-state index in [0.29, 0.717) is 19.0 Å². The average molecular weight is 273 g/mol. The molecule has 2 rings (SSSR count). The third-order valence-electron chi connectivity index (χ3n) is 2.62. The molecule has 0 spiro atoms. The molecule has 20 heavy (non-hydrogen) atoms. The normalized spacial score (nSPS) is 10.1. The fraction of sp³-hybridized carbons (Fsp3) is 0.214. The van der Waals surface area contributed by atoms with Gasteiger partial charge in [-0.2, -0.15) is 0 Å². The van der Waals surface area contributed by atoms with E-state index >= 15 is 0 Å². The van der Waals surface area contributed by atoms with E-state index in [1.165, 1.54) is 18.3 Å². The summed E-state index contributed by atoms with van der Waals surface area (Å²) >= 11 is 0. The zero-order valence-corrected chi connectivity index (χ0v) is 11.1. The third-order valence-corrected chi connectivity index (χ3v) is 2.62. The number of aryl methyl sites for hydroxylation is 1. The lowest BCUT2D eigenvalue weighted by molar-refractivity contribution is -0.384. The molecule has 104 valence electrons. The van der Waals surface area contributed by atoms with Crippen LogP contribution in [0.4, 0.5) is 11.5 Å². The second-order valence-electron chi connectivity index (χ2n) is 4.25.